The van der Waals surface area contributed by atoms with Crippen molar-refractivity contribution in [3.05, 3.63) is 76.8 Å². The third-order valence-corrected chi connectivity index (χ3v) is 9.44. The van der Waals surface area contributed by atoms with Gasteiger partial charge in [0.1, 0.15) is 17.6 Å². The van der Waals surface area contributed by atoms with Gasteiger partial charge in [0.25, 0.3) is 11.8 Å². The summed E-state index contributed by atoms with van der Waals surface area (Å²) in [4.78, 5) is 71.4. The van der Waals surface area contributed by atoms with E-state index in [-0.39, 0.29) is 66.4 Å². The lowest BCUT2D eigenvalue weighted by Crippen LogP contribution is -2.54. The third-order valence-electron chi connectivity index (χ3n) is 9.44. The van der Waals surface area contributed by atoms with Crippen LogP contribution in [0.3, 0.4) is 0 Å². The van der Waals surface area contributed by atoms with Gasteiger partial charge in [-0.2, -0.15) is 13.2 Å². The maximum atomic E-state index is 14.1. The van der Waals surface area contributed by atoms with E-state index >= 15 is 0 Å². The molecule has 18 nitrogen and oxygen atoms in total. The van der Waals surface area contributed by atoms with E-state index in [9.17, 15) is 45.9 Å². The molecule has 1 fully saturated rings. The molecule has 1 unspecified atom stereocenters. The molecule has 6 rings (SSSR count). The minimum absolute atomic E-state index is 0.0313. The predicted octanol–water partition coefficient (Wildman–Crippen LogP) is 4.23. The molecule has 0 aliphatic carbocycles. The molecule has 2 atom stereocenters. The van der Waals surface area contributed by atoms with Crippen molar-refractivity contribution < 1.29 is 69.3 Å². The van der Waals surface area contributed by atoms with Gasteiger partial charge in [0.2, 0.25) is 17.8 Å². The average Bonchev–Trinajstić information content (AvgIpc) is 3.68. The molecule has 2 aromatic heterocycles. The van der Waals surface area contributed by atoms with Crippen molar-refractivity contribution >= 4 is 58.0 Å². The number of hydrogen-bond acceptors (Lipinski definition) is 14. The van der Waals surface area contributed by atoms with Gasteiger partial charge in [-0.25, -0.2) is 23.5 Å². The number of urea groups is 1. The number of aromatic nitrogens is 2. The Kier molecular flexibility index (Phi) is 15.0. The van der Waals surface area contributed by atoms with Crippen LogP contribution >= 0.6 is 0 Å². The lowest BCUT2D eigenvalue weighted by Gasteiger charge is -2.27. The summed E-state index contributed by atoms with van der Waals surface area (Å²) >= 11 is 0. The largest absolute Gasteiger partial charge is 0.455 e. The number of rotatable bonds is 21. The van der Waals surface area contributed by atoms with Gasteiger partial charge < -0.3 is 44.6 Å². The van der Waals surface area contributed by atoms with Gasteiger partial charge in [-0.15, -0.1) is 0 Å². The standard InChI is InChI=1S/C39H41F5N8O10/c1-21-25-17-22(40)18-26(41)32(25)62-31(21)33(39(42,43)44)51-38(57)49-23-19-47-37(48-20-23)46-8-10-59-12-14-61-16-15-60-13-11-58-9-7-45-27-4-2-3-24-30(27)36(56)52(35(24)55)28-5-6-29(53)50-34(28)54/h2-4,17-20,28,33,45H,5-16H2,1H3,(H,46,47,48)(H2,49,51,57)(H,50,53,54)/t28?,33-/m1/s1. The van der Waals surface area contributed by atoms with Crippen molar-refractivity contribution in [1.29, 1.82) is 0 Å². The zero-order valence-electron chi connectivity index (χ0n) is 33.0. The van der Waals surface area contributed by atoms with Crippen LogP contribution in [0.2, 0.25) is 0 Å². The number of alkyl halides is 3. The number of carbonyl (C=O) groups is 5. The Morgan fingerprint density at radius 1 is 0.903 bits per heavy atom. The van der Waals surface area contributed by atoms with Crippen molar-refractivity contribution in [2.24, 2.45) is 0 Å². The van der Waals surface area contributed by atoms with E-state index in [0.29, 0.717) is 57.9 Å². The minimum Gasteiger partial charge on any atom is -0.455 e. The quantitative estimate of drug-likeness (QED) is 0.0449. The Balaban J connectivity index is 0.780. The lowest BCUT2D eigenvalue weighted by molar-refractivity contribution is -0.158. The molecule has 23 heteroatoms. The molecule has 5 N–H and O–H groups in total. The smallest absolute Gasteiger partial charge is 0.416 e. The van der Waals surface area contributed by atoms with Gasteiger partial charge in [-0.1, -0.05) is 6.07 Å². The maximum absolute atomic E-state index is 14.1. The molecule has 2 aromatic carbocycles. The summed E-state index contributed by atoms with van der Waals surface area (Å²) in [6, 6.07) is 1.12. The van der Waals surface area contributed by atoms with E-state index in [2.05, 4.69) is 31.2 Å². The molecular weight excluding hydrogens is 835 g/mol. The van der Waals surface area contributed by atoms with Crippen LogP contribution in [-0.2, 0) is 28.5 Å². The highest BCUT2D eigenvalue weighted by atomic mass is 19.4. The Bertz CT molecular complexity index is 2280. The van der Waals surface area contributed by atoms with Crippen molar-refractivity contribution in [3.63, 3.8) is 0 Å². The van der Waals surface area contributed by atoms with Crippen molar-refractivity contribution in [2.45, 2.75) is 38.0 Å². The van der Waals surface area contributed by atoms with Crippen LogP contribution in [0.4, 0.5) is 44.1 Å². The van der Waals surface area contributed by atoms with E-state index in [1.165, 1.54) is 13.0 Å². The van der Waals surface area contributed by atoms with Crippen LogP contribution in [0, 0.1) is 18.6 Å². The molecule has 4 aromatic rings. The van der Waals surface area contributed by atoms with E-state index in [0.717, 1.165) is 23.4 Å². The number of halogens is 5. The van der Waals surface area contributed by atoms with Gasteiger partial charge >= 0.3 is 12.2 Å². The zero-order valence-corrected chi connectivity index (χ0v) is 33.0. The Labute approximate surface area is 349 Å². The van der Waals surface area contributed by atoms with Gasteiger partial charge in [0.15, 0.2) is 17.4 Å². The number of hydrogen-bond donors (Lipinski definition) is 5. The molecule has 332 valence electrons. The number of piperidine rings is 1. The fraction of sp³-hybridized carbons (Fsp3) is 0.410. The normalized spacial score (nSPS) is 15.8. The van der Waals surface area contributed by atoms with Crippen LogP contribution in [-0.4, -0.2) is 123 Å². The van der Waals surface area contributed by atoms with E-state index in [1.54, 1.807) is 17.4 Å². The molecule has 4 heterocycles. The summed E-state index contributed by atoms with van der Waals surface area (Å²) in [5.41, 5.74) is -0.0173. The second-order valence-electron chi connectivity index (χ2n) is 13.7. The number of nitrogens with one attached hydrogen (secondary N) is 5. The third kappa shape index (κ3) is 11.1. The first kappa shape index (κ1) is 45.2. The molecule has 2 aliphatic heterocycles. The Morgan fingerprint density at radius 3 is 2.16 bits per heavy atom. The van der Waals surface area contributed by atoms with Crippen LogP contribution in [0.1, 0.15) is 50.9 Å². The SMILES string of the molecule is Cc1c([C@@H](NC(=O)Nc2cnc(NCCOCCOCCOCCOCCNc3cccc4c3C(=O)N(C3CCC(=O)NC3=O)C4=O)nc2)C(F)(F)F)oc2c(F)cc(F)cc12. The summed E-state index contributed by atoms with van der Waals surface area (Å²) in [5, 5.41) is 11.9. The van der Waals surface area contributed by atoms with Crippen molar-refractivity contribution in [2.75, 3.05) is 81.9 Å². The second kappa shape index (κ2) is 20.5. The fourth-order valence-electron chi connectivity index (χ4n) is 6.53. The monoisotopic (exact) mass is 876 g/mol. The molecule has 6 amide bonds. The summed E-state index contributed by atoms with van der Waals surface area (Å²) in [6.45, 7) is 4.18. The summed E-state index contributed by atoms with van der Waals surface area (Å²) in [5.74, 6) is -5.14. The number of benzene rings is 2. The van der Waals surface area contributed by atoms with Gasteiger partial charge in [-0.3, -0.25) is 29.4 Å². The van der Waals surface area contributed by atoms with Crippen LogP contribution in [0.15, 0.2) is 47.1 Å². The van der Waals surface area contributed by atoms with Crippen LogP contribution in [0.5, 0.6) is 0 Å². The van der Waals surface area contributed by atoms with Gasteiger partial charge in [-0.05, 0) is 31.5 Å². The number of amides is 6. The summed E-state index contributed by atoms with van der Waals surface area (Å²) in [7, 11) is 0. The van der Waals surface area contributed by atoms with Crippen molar-refractivity contribution in [3.8, 4) is 0 Å². The summed E-state index contributed by atoms with van der Waals surface area (Å²) in [6.07, 6.45) is -2.62. The number of ether oxygens (including phenoxy) is 4. The second-order valence-corrected chi connectivity index (χ2v) is 13.7. The molecule has 2 aliphatic rings. The van der Waals surface area contributed by atoms with Crippen molar-refractivity contribution in [1.82, 2.24) is 25.5 Å². The zero-order chi connectivity index (χ0) is 44.4. The lowest BCUT2D eigenvalue weighted by atomic mass is 10.0. The maximum Gasteiger partial charge on any atom is 0.416 e. The molecule has 1 saturated heterocycles. The highest BCUT2D eigenvalue weighted by Gasteiger charge is 2.47. The van der Waals surface area contributed by atoms with Gasteiger partial charge in [0.05, 0.1) is 82.1 Å². The molecule has 62 heavy (non-hydrogen) atoms. The van der Waals surface area contributed by atoms with E-state index < -0.39 is 70.9 Å². The molecule has 0 spiro atoms. The number of fused-ring (bicyclic) bond motifs is 2. The number of imide groups is 2. The molecule has 0 saturated carbocycles. The van der Waals surface area contributed by atoms with E-state index in [4.69, 9.17) is 23.4 Å². The predicted molar refractivity (Wildman–Crippen MR) is 207 cm³/mol. The Hall–Kier alpha value is -6.30. The van der Waals surface area contributed by atoms with Gasteiger partial charge in [0, 0.05) is 42.2 Å². The van der Waals surface area contributed by atoms with E-state index in [1.807, 2.05) is 0 Å². The molecule has 0 radical (unpaired) electrons. The minimum atomic E-state index is -5.05. The average molecular weight is 877 g/mol. The first-order valence-corrected chi connectivity index (χ1v) is 19.2. The molecular formula is C39H41F5N8O10. The molecule has 0 bridgehead atoms. The topological polar surface area (TPSA) is 225 Å². The fourth-order valence-corrected chi connectivity index (χ4v) is 6.53. The van der Waals surface area contributed by atoms with Crippen LogP contribution in [0.25, 0.3) is 11.0 Å². The first-order valence-electron chi connectivity index (χ1n) is 19.2. The number of nitrogens with zero attached hydrogens (tertiary/aromatic N) is 3. The highest BCUT2D eigenvalue weighted by Crippen LogP contribution is 2.39. The van der Waals surface area contributed by atoms with Crippen LogP contribution < -0.4 is 26.6 Å². The highest BCUT2D eigenvalue weighted by molar-refractivity contribution is 6.25. The number of carbonyl (C=O) groups excluding carboxylic acids is 5. The number of anilines is 3. The number of aryl methyl sites for hydroxylation is 1. The Morgan fingerprint density at radius 2 is 1.53 bits per heavy atom. The first-order chi connectivity index (χ1) is 29.7. The number of furan rings is 1. The summed E-state index contributed by atoms with van der Waals surface area (Å²) < 4.78 is 96.8.